The second-order valence-electron chi connectivity index (χ2n) is 5.26. The Hall–Kier alpha value is -0.570. The van der Waals surface area contributed by atoms with Crippen molar-refractivity contribution in [3.05, 3.63) is 0 Å². The fourth-order valence-electron chi connectivity index (χ4n) is 3.16. The van der Waals surface area contributed by atoms with Crippen LogP contribution in [0.3, 0.4) is 0 Å². The minimum Gasteiger partial charge on any atom is -0.341 e. The van der Waals surface area contributed by atoms with E-state index in [4.69, 9.17) is 5.73 Å². The molecule has 0 bridgehead atoms. The van der Waals surface area contributed by atoms with Crippen molar-refractivity contribution in [3.63, 3.8) is 0 Å². The van der Waals surface area contributed by atoms with Gasteiger partial charge in [-0.1, -0.05) is 0 Å². The van der Waals surface area contributed by atoms with Gasteiger partial charge in [0.1, 0.15) is 0 Å². The maximum atomic E-state index is 12.0. The number of hydrogen-bond acceptors (Lipinski definition) is 2. The predicted molar refractivity (Wildman–Crippen MR) is 53.5 cm³/mol. The molecule has 2 saturated carbocycles. The Labute approximate surface area is 84.6 Å². The number of likely N-dealkylation sites (tertiary alicyclic amines) is 1. The summed E-state index contributed by atoms with van der Waals surface area (Å²) in [6.07, 6.45) is 4.71. The molecule has 2 N–H and O–H groups in total. The van der Waals surface area contributed by atoms with E-state index in [0.717, 1.165) is 44.2 Å². The van der Waals surface area contributed by atoms with Crippen molar-refractivity contribution in [2.75, 3.05) is 13.1 Å². The highest BCUT2D eigenvalue weighted by Crippen LogP contribution is 2.54. The third-order valence-corrected chi connectivity index (χ3v) is 4.13. The molecule has 78 valence electrons. The van der Waals surface area contributed by atoms with E-state index in [9.17, 15) is 4.79 Å². The molecule has 3 fully saturated rings. The maximum Gasteiger partial charge on any atom is 0.225 e. The molecular weight excluding hydrogens is 176 g/mol. The van der Waals surface area contributed by atoms with E-state index in [1.807, 2.05) is 4.90 Å². The van der Waals surface area contributed by atoms with E-state index in [0.29, 0.717) is 11.8 Å². The summed E-state index contributed by atoms with van der Waals surface area (Å²) in [5, 5.41) is 0. The van der Waals surface area contributed by atoms with Crippen molar-refractivity contribution >= 4 is 5.91 Å². The highest BCUT2D eigenvalue weighted by Gasteiger charge is 2.49. The molecule has 1 saturated heterocycles. The lowest BCUT2D eigenvalue weighted by Crippen LogP contribution is -2.35. The highest BCUT2D eigenvalue weighted by atomic mass is 16.2. The van der Waals surface area contributed by atoms with E-state index in [2.05, 4.69) is 0 Å². The van der Waals surface area contributed by atoms with Gasteiger partial charge in [0.05, 0.1) is 0 Å². The summed E-state index contributed by atoms with van der Waals surface area (Å²) in [6.45, 7) is 1.69. The largest absolute Gasteiger partial charge is 0.341 e. The van der Waals surface area contributed by atoms with Crippen LogP contribution in [0.1, 0.15) is 25.7 Å². The summed E-state index contributed by atoms with van der Waals surface area (Å²) >= 11 is 0. The van der Waals surface area contributed by atoms with Gasteiger partial charge in [0.2, 0.25) is 5.91 Å². The summed E-state index contributed by atoms with van der Waals surface area (Å²) < 4.78 is 0. The molecular formula is C11H18N2O. The second-order valence-corrected chi connectivity index (χ2v) is 5.26. The van der Waals surface area contributed by atoms with Crippen molar-refractivity contribution in [2.45, 2.75) is 31.7 Å². The fraction of sp³-hybridized carbons (Fsp3) is 0.909. The molecule has 0 spiro atoms. The normalized spacial score (nSPS) is 45.4. The Kier molecular flexibility index (Phi) is 1.84. The Balaban J connectivity index is 1.59. The van der Waals surface area contributed by atoms with Crippen molar-refractivity contribution in [3.8, 4) is 0 Å². The SMILES string of the molecule is N[C@@H]1CCN(C(=O)C2CC3CC3C2)C1. The van der Waals surface area contributed by atoms with Gasteiger partial charge in [-0.05, 0) is 37.5 Å². The van der Waals surface area contributed by atoms with Crippen LogP contribution in [0.15, 0.2) is 0 Å². The van der Waals surface area contributed by atoms with Crippen LogP contribution < -0.4 is 5.73 Å². The Morgan fingerprint density at radius 1 is 1.21 bits per heavy atom. The number of nitrogens with two attached hydrogens (primary N) is 1. The van der Waals surface area contributed by atoms with E-state index >= 15 is 0 Å². The van der Waals surface area contributed by atoms with Crippen LogP contribution in [0.2, 0.25) is 0 Å². The van der Waals surface area contributed by atoms with Gasteiger partial charge < -0.3 is 10.6 Å². The summed E-state index contributed by atoms with van der Waals surface area (Å²) in [7, 11) is 0. The number of carbonyl (C=O) groups is 1. The second kappa shape index (κ2) is 2.96. The molecule has 3 nitrogen and oxygen atoms in total. The molecule has 3 rings (SSSR count). The van der Waals surface area contributed by atoms with Crippen LogP contribution in [0.4, 0.5) is 0 Å². The molecule has 0 radical (unpaired) electrons. The lowest BCUT2D eigenvalue weighted by molar-refractivity contribution is -0.134. The van der Waals surface area contributed by atoms with Crippen LogP contribution >= 0.6 is 0 Å². The van der Waals surface area contributed by atoms with Gasteiger partial charge in [0, 0.05) is 25.0 Å². The third-order valence-electron chi connectivity index (χ3n) is 4.13. The van der Waals surface area contributed by atoms with Crippen LogP contribution in [0.5, 0.6) is 0 Å². The number of carbonyl (C=O) groups excluding carboxylic acids is 1. The van der Waals surface area contributed by atoms with Gasteiger partial charge in [0.15, 0.2) is 0 Å². The van der Waals surface area contributed by atoms with Gasteiger partial charge in [-0.2, -0.15) is 0 Å². The van der Waals surface area contributed by atoms with Gasteiger partial charge in [0.25, 0.3) is 0 Å². The zero-order chi connectivity index (χ0) is 9.71. The lowest BCUT2D eigenvalue weighted by Gasteiger charge is -2.20. The third kappa shape index (κ3) is 1.34. The first-order valence-corrected chi connectivity index (χ1v) is 5.78. The number of fused-ring (bicyclic) bond motifs is 1. The zero-order valence-electron chi connectivity index (χ0n) is 8.48. The van der Waals surface area contributed by atoms with Crippen molar-refractivity contribution in [2.24, 2.45) is 23.5 Å². The smallest absolute Gasteiger partial charge is 0.225 e. The Morgan fingerprint density at radius 3 is 2.50 bits per heavy atom. The molecule has 3 atom stereocenters. The van der Waals surface area contributed by atoms with Crippen LogP contribution in [-0.4, -0.2) is 29.9 Å². The molecule has 2 unspecified atom stereocenters. The van der Waals surface area contributed by atoms with Crippen molar-refractivity contribution in [1.82, 2.24) is 4.90 Å². The molecule has 0 aromatic rings. The molecule has 1 amide bonds. The predicted octanol–water partition coefficient (Wildman–Crippen LogP) is 0.592. The van der Waals surface area contributed by atoms with Crippen molar-refractivity contribution < 1.29 is 4.79 Å². The summed E-state index contributed by atoms with van der Waals surface area (Å²) in [5.74, 6) is 2.55. The summed E-state index contributed by atoms with van der Waals surface area (Å²) in [4.78, 5) is 14.0. The molecule has 3 heteroatoms. The first kappa shape index (κ1) is 8.72. The van der Waals surface area contributed by atoms with Gasteiger partial charge in [-0.15, -0.1) is 0 Å². The molecule has 14 heavy (non-hydrogen) atoms. The number of nitrogens with zero attached hydrogens (tertiary/aromatic N) is 1. The van der Waals surface area contributed by atoms with Gasteiger partial charge in [-0.25, -0.2) is 0 Å². The van der Waals surface area contributed by atoms with Crippen LogP contribution in [0, 0.1) is 17.8 Å². The number of rotatable bonds is 1. The van der Waals surface area contributed by atoms with E-state index in [1.165, 1.54) is 6.42 Å². The van der Waals surface area contributed by atoms with Gasteiger partial charge >= 0.3 is 0 Å². The fourth-order valence-corrected chi connectivity index (χ4v) is 3.16. The summed E-state index contributed by atoms with van der Waals surface area (Å²) in [6, 6.07) is 0.231. The Bertz CT molecular complexity index is 247. The van der Waals surface area contributed by atoms with Crippen LogP contribution in [-0.2, 0) is 4.79 Å². The molecule has 2 aliphatic carbocycles. The number of hydrogen-bond donors (Lipinski definition) is 1. The summed E-state index contributed by atoms with van der Waals surface area (Å²) in [5.41, 5.74) is 5.80. The maximum absolute atomic E-state index is 12.0. The monoisotopic (exact) mass is 194 g/mol. The average molecular weight is 194 g/mol. The minimum atomic E-state index is 0.231. The van der Waals surface area contributed by atoms with E-state index in [1.54, 1.807) is 0 Å². The first-order valence-electron chi connectivity index (χ1n) is 5.78. The molecule has 3 aliphatic rings. The van der Waals surface area contributed by atoms with E-state index in [-0.39, 0.29) is 6.04 Å². The zero-order valence-corrected chi connectivity index (χ0v) is 8.48. The number of amides is 1. The lowest BCUT2D eigenvalue weighted by atomic mass is 10.0. The quantitative estimate of drug-likeness (QED) is 0.664. The van der Waals surface area contributed by atoms with Crippen molar-refractivity contribution in [1.29, 1.82) is 0 Å². The standard InChI is InChI=1S/C11H18N2O/c12-10-1-2-13(6-10)11(14)9-4-7-3-8(7)5-9/h7-10H,1-6,12H2/t7?,8?,9?,10-/m1/s1. The van der Waals surface area contributed by atoms with E-state index < -0.39 is 0 Å². The topological polar surface area (TPSA) is 46.3 Å². The van der Waals surface area contributed by atoms with Gasteiger partial charge in [-0.3, -0.25) is 4.79 Å². The molecule has 1 aliphatic heterocycles. The minimum absolute atomic E-state index is 0.231. The molecule has 0 aromatic heterocycles. The molecule has 1 heterocycles. The average Bonchev–Trinajstić information content (AvgIpc) is 2.64. The highest BCUT2D eigenvalue weighted by molar-refractivity contribution is 5.79. The Morgan fingerprint density at radius 2 is 1.93 bits per heavy atom. The first-order chi connectivity index (χ1) is 6.74. The molecule has 0 aromatic carbocycles. The van der Waals surface area contributed by atoms with Crippen LogP contribution in [0.25, 0.3) is 0 Å².